The van der Waals surface area contributed by atoms with Crippen molar-refractivity contribution in [2.75, 3.05) is 65.6 Å². The summed E-state index contributed by atoms with van der Waals surface area (Å²) in [5, 5.41) is 25.8. The third kappa shape index (κ3) is 6.19. The molecule has 5 aliphatic rings. The SMILES string of the molecule is CC[C@H]1C=CCN2CCC3(c4cc([C@@]5(C(=O)OC)CC6CN(CCc7c5[nH]c5ccccc75)C[C@](O)(CC)C6)c(OC)cc4N(C=O)[C@H]3[C@](O)(COC(C)=O)C(=O)OC)[C@H]12. The van der Waals surface area contributed by atoms with E-state index >= 15 is 4.79 Å². The monoisotopic (exact) mass is 826 g/mol. The molecule has 9 atom stereocenters. The average Bonchev–Trinajstić information content (AvgIpc) is 3.93. The van der Waals surface area contributed by atoms with Gasteiger partial charge in [-0.05, 0) is 80.2 Å². The van der Waals surface area contributed by atoms with Gasteiger partial charge in [0.1, 0.15) is 17.8 Å². The van der Waals surface area contributed by atoms with Crippen molar-refractivity contribution in [2.24, 2.45) is 11.8 Å². The largest absolute Gasteiger partial charge is 0.496 e. The number of piperidine rings is 1. The number of nitrogens with one attached hydrogen (secondary N) is 1. The van der Waals surface area contributed by atoms with Gasteiger partial charge in [-0.25, -0.2) is 4.79 Å². The maximum Gasteiger partial charge on any atom is 0.343 e. The van der Waals surface area contributed by atoms with Crippen LogP contribution < -0.4 is 9.64 Å². The van der Waals surface area contributed by atoms with E-state index in [1.807, 2.05) is 31.2 Å². The Labute approximate surface area is 350 Å². The van der Waals surface area contributed by atoms with Crippen LogP contribution in [0.5, 0.6) is 5.75 Å². The van der Waals surface area contributed by atoms with Gasteiger partial charge in [-0.1, -0.05) is 44.2 Å². The van der Waals surface area contributed by atoms with Gasteiger partial charge in [0.05, 0.1) is 38.7 Å². The molecule has 8 rings (SSSR count). The van der Waals surface area contributed by atoms with E-state index in [9.17, 15) is 24.6 Å². The highest BCUT2D eigenvalue weighted by molar-refractivity contribution is 5.96. The van der Waals surface area contributed by atoms with Gasteiger partial charge >= 0.3 is 17.9 Å². The molecule has 14 nitrogen and oxygen atoms in total. The summed E-state index contributed by atoms with van der Waals surface area (Å²) in [6.07, 6.45) is 7.89. The first-order valence-corrected chi connectivity index (χ1v) is 21.2. The summed E-state index contributed by atoms with van der Waals surface area (Å²) >= 11 is 0. The fourth-order valence-corrected chi connectivity index (χ4v) is 12.3. The van der Waals surface area contributed by atoms with Gasteiger partial charge in [0, 0.05) is 72.8 Å². The Balaban J connectivity index is 1.47. The highest BCUT2D eigenvalue weighted by Crippen LogP contribution is 2.61. The fourth-order valence-electron chi connectivity index (χ4n) is 12.3. The zero-order valence-electron chi connectivity index (χ0n) is 35.5. The van der Waals surface area contributed by atoms with Crippen LogP contribution >= 0.6 is 0 Å². The predicted molar refractivity (Wildman–Crippen MR) is 223 cm³/mol. The zero-order valence-corrected chi connectivity index (χ0v) is 35.5. The highest BCUT2D eigenvalue weighted by Gasteiger charge is 2.70. The molecular formula is C46H58N4O10. The van der Waals surface area contributed by atoms with E-state index in [4.69, 9.17) is 18.9 Å². The fraction of sp³-hybridized carbons (Fsp3) is 0.565. The van der Waals surface area contributed by atoms with Crippen molar-refractivity contribution in [2.45, 2.75) is 93.4 Å². The number of methoxy groups -OCH3 is 3. The van der Waals surface area contributed by atoms with Crippen LogP contribution in [0.25, 0.3) is 10.9 Å². The molecular weight excluding hydrogens is 769 g/mol. The third-order valence-electron chi connectivity index (χ3n) is 14.7. The summed E-state index contributed by atoms with van der Waals surface area (Å²) in [5.41, 5.74) is -2.09. The number of benzene rings is 2. The molecule has 1 aromatic heterocycles. The number of amides is 1. The Morgan fingerprint density at radius 2 is 1.83 bits per heavy atom. The van der Waals surface area contributed by atoms with Gasteiger partial charge in [-0.15, -0.1) is 0 Å². The Morgan fingerprint density at radius 3 is 2.52 bits per heavy atom. The predicted octanol–water partition coefficient (Wildman–Crippen LogP) is 3.77. The lowest BCUT2D eigenvalue weighted by Gasteiger charge is -2.49. The van der Waals surface area contributed by atoms with Crippen LogP contribution in [-0.2, 0) is 50.6 Å². The van der Waals surface area contributed by atoms with E-state index in [0.29, 0.717) is 93.1 Å². The number of fused-ring (bicyclic) bond motifs is 9. The minimum atomic E-state index is -2.51. The first-order valence-electron chi connectivity index (χ1n) is 21.2. The first-order chi connectivity index (χ1) is 28.8. The van der Waals surface area contributed by atoms with Gasteiger partial charge in [-0.2, -0.15) is 0 Å². The number of nitrogens with zero attached hydrogens (tertiary/aromatic N) is 3. The summed E-state index contributed by atoms with van der Waals surface area (Å²) in [6, 6.07) is 10.1. The second kappa shape index (κ2) is 15.6. The van der Waals surface area contributed by atoms with Crippen LogP contribution in [0.15, 0.2) is 48.6 Å². The summed E-state index contributed by atoms with van der Waals surface area (Å²) in [5.74, 6) is -2.19. The number of anilines is 1. The summed E-state index contributed by atoms with van der Waals surface area (Å²) in [6.45, 7) is 7.55. The molecule has 2 saturated heterocycles. The van der Waals surface area contributed by atoms with Gasteiger partial charge in [0.2, 0.25) is 12.0 Å². The van der Waals surface area contributed by atoms with Crippen molar-refractivity contribution in [3.8, 4) is 5.75 Å². The van der Waals surface area contributed by atoms with Crippen LogP contribution in [-0.4, -0.2) is 133 Å². The van der Waals surface area contributed by atoms with E-state index in [1.165, 1.54) is 26.0 Å². The van der Waals surface area contributed by atoms with Crippen LogP contribution in [0.4, 0.5) is 5.69 Å². The average molecular weight is 827 g/mol. The minimum absolute atomic E-state index is 0.0656. The maximum atomic E-state index is 15.3. The van der Waals surface area contributed by atoms with Crippen molar-refractivity contribution in [1.82, 2.24) is 14.8 Å². The van der Waals surface area contributed by atoms with Crippen molar-refractivity contribution in [3.05, 3.63) is 70.9 Å². The molecule has 0 radical (unpaired) electrons. The van der Waals surface area contributed by atoms with Crippen molar-refractivity contribution < 1.29 is 48.3 Å². The molecule has 2 aromatic carbocycles. The number of hydrogen-bond donors (Lipinski definition) is 3. The van der Waals surface area contributed by atoms with E-state index in [1.54, 1.807) is 6.07 Å². The van der Waals surface area contributed by atoms with Gasteiger partial charge in [-0.3, -0.25) is 24.2 Å². The minimum Gasteiger partial charge on any atom is -0.496 e. The Hall–Kier alpha value is -4.76. The van der Waals surface area contributed by atoms with Gasteiger partial charge < -0.3 is 39.0 Å². The molecule has 60 heavy (non-hydrogen) atoms. The first kappa shape index (κ1) is 42.0. The van der Waals surface area contributed by atoms with Crippen molar-refractivity contribution >= 4 is 40.9 Å². The van der Waals surface area contributed by atoms with Crippen LogP contribution in [0.2, 0.25) is 0 Å². The molecule has 2 fully saturated rings. The van der Waals surface area contributed by atoms with Crippen LogP contribution in [0, 0.1) is 11.8 Å². The number of aromatic amines is 1. The Kier molecular flexibility index (Phi) is 10.9. The number of carbonyl (C=O) groups excluding carboxylic acids is 4. The number of hydrogen-bond acceptors (Lipinski definition) is 12. The van der Waals surface area contributed by atoms with E-state index < -0.39 is 52.6 Å². The number of ether oxygens (including phenoxy) is 4. The smallest absolute Gasteiger partial charge is 0.343 e. The molecule has 322 valence electrons. The highest BCUT2D eigenvalue weighted by atomic mass is 16.6. The lowest BCUT2D eigenvalue weighted by atomic mass is 9.61. The van der Waals surface area contributed by atoms with E-state index in [-0.39, 0.29) is 24.3 Å². The molecule has 6 heterocycles. The van der Waals surface area contributed by atoms with E-state index in [2.05, 4.69) is 39.9 Å². The quantitative estimate of drug-likeness (QED) is 0.117. The van der Waals surface area contributed by atoms with E-state index in [0.717, 1.165) is 30.0 Å². The van der Waals surface area contributed by atoms with Crippen molar-refractivity contribution in [3.63, 3.8) is 0 Å². The zero-order chi connectivity index (χ0) is 42.8. The molecule has 0 saturated carbocycles. The van der Waals surface area contributed by atoms with Gasteiger partial charge in [0.25, 0.3) is 0 Å². The second-order valence-electron chi connectivity index (χ2n) is 17.7. The maximum absolute atomic E-state index is 15.3. The topological polar surface area (TPSA) is 171 Å². The van der Waals surface area contributed by atoms with Crippen molar-refractivity contribution in [1.29, 1.82) is 0 Å². The standard InChI is InChI=1S/C46H58N4O10/c1-7-30-12-11-17-49-19-16-44(39(30)49)33-20-34(37(57-4)21-36(33)50(27-51)40(44)46(56,42(54)59-6)26-60-28(3)52)45(41(53)58-5)23-29-22-43(55,8-2)25-48(24-29)18-15-32-31-13-9-10-14-35(31)47-38(32)45/h9-14,20-21,27,29-30,39-40,47,55-56H,7-8,15-19,22-26H2,1-6H3/t29?,30-,39-,40+,43-,44?,45-,46+/m0/s1. The number of H-pyrrole nitrogens is 1. The molecule has 3 N–H and O–H groups in total. The molecule has 3 unspecified atom stereocenters. The van der Waals surface area contributed by atoms with Gasteiger partial charge in [0.15, 0.2) is 0 Å². The Morgan fingerprint density at radius 1 is 1.05 bits per heavy atom. The molecule has 1 spiro atoms. The molecule has 0 aliphatic carbocycles. The number of esters is 3. The van der Waals surface area contributed by atoms with Crippen LogP contribution in [0.1, 0.15) is 75.3 Å². The summed E-state index contributed by atoms with van der Waals surface area (Å²) < 4.78 is 22.9. The molecule has 14 heteroatoms. The number of aliphatic hydroxyl groups is 2. The molecule has 2 bridgehead atoms. The number of carbonyl (C=O) groups is 4. The molecule has 3 aromatic rings. The number of aromatic nitrogens is 1. The number of rotatable bonds is 10. The second-order valence-corrected chi connectivity index (χ2v) is 17.7. The summed E-state index contributed by atoms with van der Waals surface area (Å²) in [4.78, 5) is 65.2. The third-order valence-corrected chi connectivity index (χ3v) is 14.7. The molecule has 1 amide bonds. The normalized spacial score (nSPS) is 31.9. The van der Waals surface area contributed by atoms with Crippen LogP contribution in [0.3, 0.4) is 0 Å². The number of para-hydroxylation sites is 1. The Bertz CT molecular complexity index is 2220. The summed E-state index contributed by atoms with van der Waals surface area (Å²) in [7, 11) is 4.06. The lowest BCUT2D eigenvalue weighted by Crippen LogP contribution is -2.69. The lowest BCUT2D eigenvalue weighted by molar-refractivity contribution is -0.178. The molecule has 5 aliphatic heterocycles.